The summed E-state index contributed by atoms with van der Waals surface area (Å²) in [6.07, 6.45) is -1.56. The molecule has 0 aliphatic heterocycles. The van der Waals surface area contributed by atoms with Gasteiger partial charge in [-0.05, 0) is 78.7 Å². The van der Waals surface area contributed by atoms with Crippen LogP contribution in [0.15, 0.2) is 30.5 Å². The largest absolute Gasteiger partial charge is 0.573 e. The highest BCUT2D eigenvalue weighted by Gasteiger charge is 2.35. The number of likely N-dealkylation sites (N-methyl/N-ethyl adjacent to an activating group) is 1. The van der Waals surface area contributed by atoms with Crippen LogP contribution in [0.3, 0.4) is 0 Å². The molecule has 0 saturated heterocycles. The van der Waals surface area contributed by atoms with E-state index in [1.807, 2.05) is 13.8 Å². The number of esters is 1. The maximum Gasteiger partial charge on any atom is 0.573 e. The van der Waals surface area contributed by atoms with E-state index in [1.54, 1.807) is 32.9 Å². The molecule has 3 atom stereocenters. The molecule has 0 aliphatic rings. The lowest BCUT2D eigenvalue weighted by molar-refractivity contribution is -0.274. The van der Waals surface area contributed by atoms with Crippen LogP contribution < -0.4 is 15.1 Å². The molecule has 1 aromatic heterocycles. The second-order valence-corrected chi connectivity index (χ2v) is 12.3. The number of nitrogens with one attached hydrogen (secondary N) is 2. The smallest absolute Gasteiger partial charge is 0.468 e. The van der Waals surface area contributed by atoms with E-state index in [2.05, 4.69) is 25.0 Å². The zero-order chi connectivity index (χ0) is 30.8. The lowest BCUT2D eigenvalue weighted by atomic mass is 10.1. The summed E-state index contributed by atoms with van der Waals surface area (Å²) in [5.41, 5.74) is 0.389. The number of nitrogens with zero attached hydrogens (tertiary/aromatic N) is 2. The lowest BCUT2D eigenvalue weighted by Gasteiger charge is -2.29. The maximum absolute atomic E-state index is 13.3. The molecule has 41 heavy (non-hydrogen) atoms. The first-order chi connectivity index (χ1) is 19.0. The summed E-state index contributed by atoms with van der Waals surface area (Å²) in [5.74, 6) is -0.898. The average molecular weight is 607 g/mol. The molecule has 232 valence electrons. The third-order valence-electron chi connectivity index (χ3n) is 5.88. The van der Waals surface area contributed by atoms with Gasteiger partial charge in [-0.15, -0.1) is 13.2 Å². The second-order valence-electron chi connectivity index (χ2n) is 10.6. The molecule has 0 amide bonds. The summed E-state index contributed by atoms with van der Waals surface area (Å²) in [4.78, 5) is 18.1. The van der Waals surface area contributed by atoms with Gasteiger partial charge in [-0.25, -0.2) is 9.65 Å². The van der Waals surface area contributed by atoms with Crippen LogP contribution in [0, 0.1) is 0 Å². The molecule has 0 aliphatic carbocycles. The number of benzene rings is 1. The number of alkyl halides is 3. The number of ether oxygens (including phenoxy) is 2. The molecule has 2 aromatic rings. The Labute approximate surface area is 239 Å². The minimum atomic E-state index is -4.77. The molecule has 1 aromatic carbocycles. The Hall–Kier alpha value is -2.44. The third-order valence-corrected chi connectivity index (χ3v) is 7.89. The molecule has 2 rings (SSSR count). The van der Waals surface area contributed by atoms with Crippen molar-refractivity contribution in [1.82, 2.24) is 15.0 Å². The van der Waals surface area contributed by atoms with Crippen molar-refractivity contribution in [3.05, 3.63) is 30.5 Å². The predicted octanol–water partition coefficient (Wildman–Crippen LogP) is 6.13. The number of carbonyl (C=O) groups excluding carboxylic acids is 1. The van der Waals surface area contributed by atoms with Crippen molar-refractivity contribution in [2.75, 3.05) is 38.7 Å². The van der Waals surface area contributed by atoms with Crippen molar-refractivity contribution in [2.24, 2.45) is 0 Å². The van der Waals surface area contributed by atoms with Gasteiger partial charge in [-0.2, -0.15) is 0 Å². The van der Waals surface area contributed by atoms with Crippen LogP contribution in [0.25, 0.3) is 10.9 Å². The molecule has 0 bridgehead atoms. The molecule has 1 unspecified atom stereocenters. The fraction of sp³-hybridized carbons (Fsp3) is 0.630. The highest BCUT2D eigenvalue weighted by molar-refractivity contribution is 7.51. The summed E-state index contributed by atoms with van der Waals surface area (Å²) < 4.78 is 71.0. The maximum atomic E-state index is 13.3. The Morgan fingerprint density at radius 1 is 1.15 bits per heavy atom. The van der Waals surface area contributed by atoms with E-state index >= 15 is 0 Å². The average Bonchev–Trinajstić information content (AvgIpc) is 2.85. The Morgan fingerprint density at radius 2 is 1.85 bits per heavy atom. The number of hydrogen-bond donors (Lipinski definition) is 2. The summed E-state index contributed by atoms with van der Waals surface area (Å²) in [7, 11) is -2.55. The monoisotopic (exact) mass is 606 g/mol. The Kier molecular flexibility index (Phi) is 12.8. The van der Waals surface area contributed by atoms with Crippen LogP contribution in [0.1, 0.15) is 54.4 Å². The fourth-order valence-corrected chi connectivity index (χ4v) is 5.85. The lowest BCUT2D eigenvalue weighted by Crippen LogP contribution is -2.36. The minimum absolute atomic E-state index is 0.0751. The highest BCUT2D eigenvalue weighted by Crippen LogP contribution is 2.48. The van der Waals surface area contributed by atoms with E-state index in [4.69, 9.17) is 13.8 Å². The summed E-state index contributed by atoms with van der Waals surface area (Å²) in [6.45, 7) is 12.9. The molecule has 0 fully saturated rings. The van der Waals surface area contributed by atoms with Crippen LogP contribution in [0.2, 0.25) is 0 Å². The van der Waals surface area contributed by atoms with Gasteiger partial charge in [0.2, 0.25) is 0 Å². The molecule has 2 N–H and O–H groups in total. The van der Waals surface area contributed by atoms with Crippen molar-refractivity contribution in [2.45, 2.75) is 78.4 Å². The number of halogens is 3. The minimum Gasteiger partial charge on any atom is -0.468 e. The number of methoxy groups -OCH3 is 1. The second kappa shape index (κ2) is 15.2. The van der Waals surface area contributed by atoms with Crippen molar-refractivity contribution in [3.63, 3.8) is 0 Å². The van der Waals surface area contributed by atoms with Gasteiger partial charge in [-0.1, -0.05) is 6.92 Å². The van der Waals surface area contributed by atoms with Crippen LogP contribution in [0.5, 0.6) is 5.75 Å². The summed E-state index contributed by atoms with van der Waals surface area (Å²) in [5, 5.41) is 6.76. The SMILES string of the molecule is CCN(CCC[C@@H](C)Nc1ccnc2cc(OC(F)(F)F)ccc12)CCOP(=O)(N[C@@H](C)C(=O)OC)OC(C)(C)C. The van der Waals surface area contributed by atoms with Gasteiger partial charge in [0.15, 0.2) is 0 Å². The Bertz CT molecular complexity index is 1180. The van der Waals surface area contributed by atoms with Crippen LogP contribution in [0.4, 0.5) is 18.9 Å². The van der Waals surface area contributed by atoms with E-state index in [-0.39, 0.29) is 18.4 Å². The Balaban J connectivity index is 1.89. The van der Waals surface area contributed by atoms with Gasteiger partial charge in [0.1, 0.15) is 11.8 Å². The molecular formula is C27H42F3N4O6P. The molecule has 10 nitrogen and oxygen atoms in total. The number of rotatable bonds is 16. The fourth-order valence-electron chi connectivity index (χ4n) is 4.04. The molecule has 0 radical (unpaired) electrons. The summed E-state index contributed by atoms with van der Waals surface area (Å²) in [6, 6.07) is 5.07. The molecular weight excluding hydrogens is 564 g/mol. The number of pyridine rings is 1. The van der Waals surface area contributed by atoms with Crippen molar-refractivity contribution in [3.8, 4) is 5.75 Å². The van der Waals surface area contributed by atoms with Gasteiger partial charge >= 0.3 is 20.1 Å². The quantitative estimate of drug-likeness (QED) is 0.171. The number of anilines is 1. The van der Waals surface area contributed by atoms with E-state index in [0.717, 1.165) is 31.6 Å². The standard InChI is InChI=1S/C27H42F3N4O6P/c1-8-34(16-17-38-41(36,40-26(4,5)6)33-20(3)25(35)37-7)15-9-10-19(2)32-23-13-14-31-24-18-21(11-12-22(23)24)39-27(28,29)30/h11-14,18-20H,8-10,15-17H2,1-7H3,(H,31,32)(H,33,36)/t19-,20+,41?/m1/s1. The zero-order valence-electron chi connectivity index (χ0n) is 24.7. The van der Waals surface area contributed by atoms with Gasteiger partial charge in [0.25, 0.3) is 0 Å². The molecule has 1 heterocycles. The number of fused-ring (bicyclic) bond motifs is 1. The van der Waals surface area contributed by atoms with E-state index in [1.165, 1.54) is 32.4 Å². The van der Waals surface area contributed by atoms with Gasteiger partial charge < -0.3 is 19.7 Å². The molecule has 0 spiro atoms. The number of aromatic nitrogens is 1. The van der Waals surface area contributed by atoms with E-state index in [9.17, 15) is 22.5 Å². The van der Waals surface area contributed by atoms with Gasteiger partial charge in [0, 0.05) is 35.9 Å². The van der Waals surface area contributed by atoms with Crippen LogP contribution in [-0.2, 0) is 23.1 Å². The Morgan fingerprint density at radius 3 is 2.46 bits per heavy atom. The van der Waals surface area contributed by atoms with Crippen LogP contribution in [-0.4, -0.2) is 73.3 Å². The zero-order valence-corrected chi connectivity index (χ0v) is 25.6. The van der Waals surface area contributed by atoms with Gasteiger partial charge in [0.05, 0.1) is 24.8 Å². The normalized spacial score (nSPS) is 15.4. The van der Waals surface area contributed by atoms with E-state index in [0.29, 0.717) is 17.4 Å². The van der Waals surface area contributed by atoms with E-state index < -0.39 is 31.7 Å². The predicted molar refractivity (Wildman–Crippen MR) is 152 cm³/mol. The topological polar surface area (TPSA) is 111 Å². The van der Waals surface area contributed by atoms with Gasteiger partial charge in [-0.3, -0.25) is 18.8 Å². The first-order valence-electron chi connectivity index (χ1n) is 13.5. The molecule has 14 heteroatoms. The van der Waals surface area contributed by atoms with Crippen LogP contribution >= 0.6 is 7.75 Å². The highest BCUT2D eigenvalue weighted by atomic mass is 31.2. The first kappa shape index (κ1) is 34.8. The number of carbonyl (C=O) groups is 1. The number of hydrogen-bond acceptors (Lipinski definition) is 9. The summed E-state index contributed by atoms with van der Waals surface area (Å²) >= 11 is 0. The first-order valence-corrected chi connectivity index (χ1v) is 15.0. The third kappa shape index (κ3) is 12.5. The van der Waals surface area contributed by atoms with Crippen molar-refractivity contribution in [1.29, 1.82) is 0 Å². The van der Waals surface area contributed by atoms with Crippen molar-refractivity contribution >= 4 is 30.3 Å². The van der Waals surface area contributed by atoms with Crippen molar-refractivity contribution < 1.29 is 41.1 Å². The molecule has 0 saturated carbocycles.